The van der Waals surface area contributed by atoms with E-state index in [4.69, 9.17) is 0 Å². The molecule has 0 bridgehead atoms. The Balaban J connectivity index is 1.30. The van der Waals surface area contributed by atoms with Gasteiger partial charge in [-0.15, -0.1) is 11.3 Å². The molecule has 0 radical (unpaired) electrons. The smallest absolute Gasteiger partial charge is 0.319 e. The van der Waals surface area contributed by atoms with Gasteiger partial charge in [0, 0.05) is 36.3 Å². The number of hydrogen-bond acceptors (Lipinski definition) is 7. The molecule has 4 amide bonds. The lowest BCUT2D eigenvalue weighted by molar-refractivity contribution is -0.135. The molecule has 3 aromatic rings. The molecule has 2 aliphatic heterocycles. The highest BCUT2D eigenvalue weighted by molar-refractivity contribution is 7.11. The van der Waals surface area contributed by atoms with Gasteiger partial charge in [-0.25, -0.2) is 9.78 Å². The summed E-state index contributed by atoms with van der Waals surface area (Å²) in [6.45, 7) is 6.00. The van der Waals surface area contributed by atoms with E-state index in [2.05, 4.69) is 32.8 Å². The summed E-state index contributed by atoms with van der Waals surface area (Å²) in [4.78, 5) is 57.3. The summed E-state index contributed by atoms with van der Waals surface area (Å²) >= 11 is 1.33. The fourth-order valence-corrected chi connectivity index (χ4v) is 5.80. The van der Waals surface area contributed by atoms with Crippen LogP contribution in [-0.4, -0.2) is 40.5 Å². The number of carbonyl (C=O) groups excluding carboxylic acids is 3. The van der Waals surface area contributed by atoms with Gasteiger partial charge in [-0.05, 0) is 50.8 Å². The van der Waals surface area contributed by atoms with Crippen LogP contribution in [0.15, 0.2) is 28.4 Å². The van der Waals surface area contributed by atoms with Gasteiger partial charge in [0.2, 0.25) is 11.8 Å². The molecule has 4 heterocycles. The maximum atomic E-state index is 13.2. The van der Waals surface area contributed by atoms with Crippen LogP contribution in [-0.2, 0) is 16.1 Å². The number of nitrogens with one attached hydrogen (secondary N) is 3. The Morgan fingerprint density at radius 1 is 1.19 bits per heavy atom. The second kappa shape index (κ2) is 9.73. The monoisotopic (exact) mass is 508 g/mol. The van der Waals surface area contributed by atoms with Crippen LogP contribution in [0.1, 0.15) is 48.0 Å². The van der Waals surface area contributed by atoms with Gasteiger partial charge in [0.1, 0.15) is 11.9 Å². The summed E-state index contributed by atoms with van der Waals surface area (Å²) in [6.07, 6.45) is 2.79. The third-order valence-corrected chi connectivity index (χ3v) is 7.73. The van der Waals surface area contributed by atoms with Crippen LogP contribution in [0.4, 0.5) is 16.2 Å². The fourth-order valence-electron chi connectivity index (χ4n) is 4.90. The van der Waals surface area contributed by atoms with E-state index in [9.17, 15) is 19.2 Å². The Morgan fingerprint density at radius 2 is 1.97 bits per heavy atom. The predicted octanol–water partition coefficient (Wildman–Crippen LogP) is 2.97. The quantitative estimate of drug-likeness (QED) is 0.455. The van der Waals surface area contributed by atoms with Gasteiger partial charge in [-0.1, -0.05) is 6.07 Å². The molecule has 0 aliphatic carbocycles. The highest BCUT2D eigenvalue weighted by Crippen LogP contribution is 2.28. The lowest BCUT2D eigenvalue weighted by Gasteiger charge is -2.24. The maximum absolute atomic E-state index is 13.2. The first-order chi connectivity index (χ1) is 17.3. The zero-order valence-electron chi connectivity index (χ0n) is 20.2. The van der Waals surface area contributed by atoms with E-state index < -0.39 is 11.9 Å². The van der Waals surface area contributed by atoms with Gasteiger partial charge in [0.25, 0.3) is 5.56 Å². The molecule has 0 spiro atoms. The molecule has 5 rings (SSSR count). The predicted molar refractivity (Wildman–Crippen MR) is 139 cm³/mol. The molecule has 2 aromatic heterocycles. The number of amides is 4. The van der Waals surface area contributed by atoms with Crippen molar-refractivity contribution in [1.29, 1.82) is 0 Å². The first kappa shape index (κ1) is 24.0. The van der Waals surface area contributed by atoms with E-state index in [1.165, 1.54) is 34.3 Å². The van der Waals surface area contributed by atoms with Crippen LogP contribution < -0.4 is 26.4 Å². The summed E-state index contributed by atoms with van der Waals surface area (Å²) in [6, 6.07) is 4.79. The average Bonchev–Trinajstić information content (AvgIpc) is 3.51. The number of fused-ring (bicyclic) bond motifs is 1. The summed E-state index contributed by atoms with van der Waals surface area (Å²) in [7, 11) is 0. The third kappa shape index (κ3) is 4.58. The number of benzene rings is 1. The Morgan fingerprint density at radius 3 is 2.72 bits per heavy atom. The number of aryl methyl sites for hydroxylation is 2. The van der Waals surface area contributed by atoms with Crippen LogP contribution >= 0.6 is 11.3 Å². The number of thiophene rings is 1. The van der Waals surface area contributed by atoms with Crippen LogP contribution in [0.5, 0.6) is 0 Å². The molecular formula is C25H28N6O4S. The van der Waals surface area contributed by atoms with Crippen molar-refractivity contribution in [2.75, 3.05) is 23.3 Å². The lowest BCUT2D eigenvalue weighted by Crippen LogP contribution is -2.45. The van der Waals surface area contributed by atoms with E-state index in [0.29, 0.717) is 16.7 Å². The Kier molecular flexibility index (Phi) is 6.48. The van der Waals surface area contributed by atoms with Gasteiger partial charge >= 0.3 is 6.03 Å². The molecule has 2 saturated heterocycles. The normalized spacial score (nSPS) is 17.9. The molecule has 1 unspecified atom stereocenters. The average molecular weight is 509 g/mol. The van der Waals surface area contributed by atoms with Gasteiger partial charge in [-0.3, -0.25) is 24.3 Å². The summed E-state index contributed by atoms with van der Waals surface area (Å²) in [5.74, 6) is -0.438. The Bertz CT molecular complexity index is 1420. The van der Waals surface area contributed by atoms with Crippen LogP contribution in [0, 0.1) is 13.8 Å². The zero-order chi connectivity index (χ0) is 25.4. The van der Waals surface area contributed by atoms with Crippen molar-refractivity contribution < 1.29 is 14.4 Å². The first-order valence-electron chi connectivity index (χ1n) is 12.0. The van der Waals surface area contributed by atoms with Gasteiger partial charge in [0.15, 0.2) is 0 Å². The molecule has 188 valence electrons. The van der Waals surface area contributed by atoms with Gasteiger partial charge in [-0.2, -0.15) is 0 Å². The molecular weight excluding hydrogens is 480 g/mol. The Labute approximate surface area is 211 Å². The van der Waals surface area contributed by atoms with E-state index in [0.717, 1.165) is 29.3 Å². The van der Waals surface area contributed by atoms with Crippen LogP contribution in [0.3, 0.4) is 0 Å². The van der Waals surface area contributed by atoms with E-state index >= 15 is 0 Å². The van der Waals surface area contributed by atoms with Crippen molar-refractivity contribution in [2.45, 2.75) is 52.1 Å². The number of imide groups is 1. The van der Waals surface area contributed by atoms with E-state index in [1.807, 2.05) is 18.2 Å². The van der Waals surface area contributed by atoms with Crippen molar-refractivity contribution in [3.05, 3.63) is 50.2 Å². The highest BCUT2D eigenvalue weighted by atomic mass is 32.1. The van der Waals surface area contributed by atoms with Gasteiger partial charge < -0.3 is 15.5 Å². The second-order valence-electron chi connectivity index (χ2n) is 9.23. The van der Waals surface area contributed by atoms with Crippen molar-refractivity contribution in [1.82, 2.24) is 20.2 Å². The van der Waals surface area contributed by atoms with Crippen molar-refractivity contribution in [2.24, 2.45) is 0 Å². The number of urea groups is 1. The van der Waals surface area contributed by atoms with Crippen molar-refractivity contribution in [3.8, 4) is 0 Å². The third-order valence-electron chi connectivity index (χ3n) is 6.75. The molecule has 10 nitrogen and oxygen atoms in total. The molecule has 2 aliphatic rings. The second-order valence-corrected chi connectivity index (χ2v) is 10.2. The number of anilines is 2. The van der Waals surface area contributed by atoms with E-state index in [1.54, 1.807) is 12.3 Å². The molecule has 36 heavy (non-hydrogen) atoms. The number of aromatic nitrogens is 2. The maximum Gasteiger partial charge on any atom is 0.319 e. The molecule has 3 N–H and O–H groups in total. The minimum atomic E-state index is -0.765. The highest BCUT2D eigenvalue weighted by Gasteiger charge is 2.31. The standard InChI is InChI=1S/C25H28N6O4S/c1-14-5-6-16(11-19(14)30-9-3-4-10-30)28-25(35)26-12-20-22-17(13-36-20)24(34)31(15(2)27-22)18-7-8-21(32)29-23(18)33/h5-6,11,13,18H,3-4,7-10,12H2,1-2H3,(H2,26,28,35)(H,29,32,33). The number of hydrogen-bond donors (Lipinski definition) is 3. The SMILES string of the molecule is Cc1ccc(NC(=O)NCc2scc3c(=O)n(C4CCC(=O)NC4=O)c(C)nc23)cc1N1CCCC1. The number of nitrogens with zero attached hydrogens (tertiary/aromatic N) is 3. The minimum Gasteiger partial charge on any atom is -0.371 e. The summed E-state index contributed by atoms with van der Waals surface area (Å²) in [5.41, 5.74) is 3.22. The number of rotatable bonds is 5. The lowest BCUT2D eigenvalue weighted by atomic mass is 10.1. The Hall–Kier alpha value is -3.73. The molecule has 1 aromatic carbocycles. The molecule has 0 saturated carbocycles. The van der Waals surface area contributed by atoms with E-state index in [-0.39, 0.29) is 36.9 Å². The summed E-state index contributed by atoms with van der Waals surface area (Å²) < 4.78 is 1.36. The first-order valence-corrected chi connectivity index (χ1v) is 12.9. The van der Waals surface area contributed by atoms with Crippen molar-refractivity contribution >= 4 is 51.5 Å². The molecule has 11 heteroatoms. The number of piperidine rings is 1. The largest absolute Gasteiger partial charge is 0.371 e. The fraction of sp³-hybridized carbons (Fsp3) is 0.400. The van der Waals surface area contributed by atoms with Gasteiger partial charge in [0.05, 0.1) is 22.3 Å². The minimum absolute atomic E-state index is 0.175. The summed E-state index contributed by atoms with van der Waals surface area (Å²) in [5, 5.41) is 10.1. The number of carbonyl (C=O) groups is 3. The van der Waals surface area contributed by atoms with Crippen LogP contribution in [0.25, 0.3) is 10.9 Å². The molecule has 1 atom stereocenters. The zero-order valence-corrected chi connectivity index (χ0v) is 21.0. The molecule has 2 fully saturated rings. The van der Waals surface area contributed by atoms with Crippen LogP contribution in [0.2, 0.25) is 0 Å². The van der Waals surface area contributed by atoms with Crippen molar-refractivity contribution in [3.63, 3.8) is 0 Å². The topological polar surface area (TPSA) is 125 Å².